The molecule has 0 saturated heterocycles. The molecular formula is C30H52N8O13. The fraction of sp³-hybridized carbons (Fsp3) is 0.700. The molecule has 0 aliphatic carbocycles. The van der Waals surface area contributed by atoms with Crippen molar-refractivity contribution < 1.29 is 63.6 Å². The van der Waals surface area contributed by atoms with E-state index in [1.54, 1.807) is 27.7 Å². The number of carboxylic acids is 2. The third-order valence-electron chi connectivity index (χ3n) is 7.55. The van der Waals surface area contributed by atoms with Crippen LogP contribution in [0.5, 0.6) is 0 Å². The van der Waals surface area contributed by atoms with Crippen LogP contribution in [0.2, 0.25) is 0 Å². The van der Waals surface area contributed by atoms with Crippen molar-refractivity contribution in [1.29, 1.82) is 0 Å². The van der Waals surface area contributed by atoms with E-state index in [2.05, 4.69) is 31.9 Å². The van der Waals surface area contributed by atoms with Crippen LogP contribution in [-0.2, 0) is 43.2 Å². The van der Waals surface area contributed by atoms with Gasteiger partial charge in [-0.3, -0.25) is 38.4 Å². The van der Waals surface area contributed by atoms with E-state index in [-0.39, 0.29) is 25.2 Å². The summed E-state index contributed by atoms with van der Waals surface area (Å²) in [6.45, 7) is 5.99. The van der Waals surface area contributed by atoms with Crippen LogP contribution in [0.15, 0.2) is 0 Å². The van der Waals surface area contributed by atoms with Gasteiger partial charge in [0.25, 0.3) is 0 Å². The Labute approximate surface area is 294 Å². The monoisotopic (exact) mass is 732 g/mol. The molecule has 0 spiro atoms. The summed E-state index contributed by atoms with van der Waals surface area (Å²) in [5.74, 6) is -10.5. The molecule has 0 aromatic rings. The lowest BCUT2D eigenvalue weighted by Gasteiger charge is -2.29. The first-order chi connectivity index (χ1) is 23.7. The Morgan fingerprint density at radius 1 is 0.627 bits per heavy atom. The minimum absolute atomic E-state index is 0.0281. The van der Waals surface area contributed by atoms with Gasteiger partial charge in [0.15, 0.2) is 0 Å². The lowest BCUT2D eigenvalue weighted by atomic mass is 9.96. The minimum atomic E-state index is -1.83. The highest BCUT2D eigenvalue weighted by Gasteiger charge is 2.35. The number of primary amides is 1. The molecule has 0 rings (SSSR count). The molecule has 14 N–H and O–H groups in total. The van der Waals surface area contributed by atoms with Crippen LogP contribution >= 0.6 is 0 Å². The highest BCUT2D eigenvalue weighted by atomic mass is 16.4. The van der Waals surface area contributed by atoms with Crippen LogP contribution in [0.1, 0.15) is 66.7 Å². The van der Waals surface area contributed by atoms with Gasteiger partial charge in [-0.25, -0.2) is 4.79 Å². The maximum atomic E-state index is 13.4. The number of carboxylic acid groups (broad SMARTS) is 2. The summed E-state index contributed by atoms with van der Waals surface area (Å²) in [5, 5.41) is 51.2. The molecule has 0 fully saturated rings. The predicted octanol–water partition coefficient (Wildman–Crippen LogP) is -4.86. The second-order valence-electron chi connectivity index (χ2n) is 12.4. The number of nitrogens with two attached hydrogens (primary N) is 2. The third-order valence-corrected chi connectivity index (χ3v) is 7.55. The van der Waals surface area contributed by atoms with E-state index in [1.807, 2.05) is 0 Å². The first kappa shape index (κ1) is 46.1. The van der Waals surface area contributed by atoms with Crippen molar-refractivity contribution in [2.75, 3.05) is 13.2 Å². The third kappa shape index (κ3) is 17.1. The van der Waals surface area contributed by atoms with Gasteiger partial charge in [0.1, 0.15) is 36.3 Å². The summed E-state index contributed by atoms with van der Waals surface area (Å²) in [7, 11) is 0. The second-order valence-corrected chi connectivity index (χ2v) is 12.4. The summed E-state index contributed by atoms with van der Waals surface area (Å²) in [5.41, 5.74) is 10.7. The highest BCUT2D eigenvalue weighted by Crippen LogP contribution is 2.12. The van der Waals surface area contributed by atoms with Crippen LogP contribution in [-0.4, -0.2) is 129 Å². The number of rotatable bonds is 24. The minimum Gasteiger partial charge on any atom is -0.481 e. The van der Waals surface area contributed by atoms with Gasteiger partial charge in [-0.05, 0) is 31.6 Å². The van der Waals surface area contributed by atoms with Crippen molar-refractivity contribution in [1.82, 2.24) is 31.9 Å². The lowest BCUT2D eigenvalue weighted by Crippen LogP contribution is -2.61. The van der Waals surface area contributed by atoms with Crippen molar-refractivity contribution in [3.05, 3.63) is 0 Å². The SMILES string of the molecule is CC[C@H](C)[C@H](NC(=O)[C@H](CC(C)C)NC(=O)[C@H](CC(=O)O)NC(=O)[C@H](CO)NC(=O)[C@H](C)NC(=O)[C@@H](N)CCC(N)=O)C(=O)N[C@@H](CO)C(=O)O. The van der Waals surface area contributed by atoms with Crippen molar-refractivity contribution in [2.45, 2.75) is 109 Å². The fourth-order valence-electron chi connectivity index (χ4n) is 4.34. The zero-order valence-corrected chi connectivity index (χ0v) is 29.3. The Kier molecular flexibility index (Phi) is 20.6. The van der Waals surface area contributed by atoms with Crippen LogP contribution in [0.4, 0.5) is 0 Å². The Balaban J connectivity index is 5.90. The molecule has 0 unspecified atom stereocenters. The van der Waals surface area contributed by atoms with Crippen LogP contribution in [0, 0.1) is 11.8 Å². The molecule has 0 aliphatic heterocycles. The second kappa shape index (κ2) is 22.8. The topological polar surface area (TPSA) is 359 Å². The number of aliphatic hydroxyl groups excluding tert-OH is 2. The molecule has 0 aromatic carbocycles. The number of nitrogens with one attached hydrogen (secondary N) is 6. The van der Waals surface area contributed by atoms with Crippen LogP contribution in [0.3, 0.4) is 0 Å². The van der Waals surface area contributed by atoms with E-state index < -0.39 is 121 Å². The van der Waals surface area contributed by atoms with E-state index in [0.29, 0.717) is 6.42 Å². The van der Waals surface area contributed by atoms with Crippen molar-refractivity contribution in [3.63, 3.8) is 0 Å². The molecule has 0 aromatic heterocycles. The van der Waals surface area contributed by atoms with E-state index in [0.717, 1.165) is 0 Å². The fourth-order valence-corrected chi connectivity index (χ4v) is 4.34. The van der Waals surface area contributed by atoms with Crippen molar-refractivity contribution in [3.8, 4) is 0 Å². The molecule has 51 heavy (non-hydrogen) atoms. The first-order valence-corrected chi connectivity index (χ1v) is 16.2. The molecule has 8 atom stereocenters. The van der Waals surface area contributed by atoms with E-state index >= 15 is 0 Å². The molecule has 7 amide bonds. The van der Waals surface area contributed by atoms with Gasteiger partial charge >= 0.3 is 11.9 Å². The van der Waals surface area contributed by atoms with E-state index in [4.69, 9.17) is 11.5 Å². The van der Waals surface area contributed by atoms with Gasteiger partial charge in [0.05, 0.1) is 25.7 Å². The van der Waals surface area contributed by atoms with Gasteiger partial charge < -0.3 is 63.8 Å². The number of hydrogen-bond donors (Lipinski definition) is 12. The number of aliphatic carboxylic acids is 2. The molecule has 0 aliphatic rings. The van der Waals surface area contributed by atoms with Gasteiger partial charge in [0.2, 0.25) is 41.4 Å². The van der Waals surface area contributed by atoms with Gasteiger partial charge in [-0.15, -0.1) is 0 Å². The van der Waals surface area contributed by atoms with Gasteiger partial charge in [-0.2, -0.15) is 0 Å². The standard InChI is InChI=1S/C30H52N8O13/c1-6-14(4)23(29(49)37-20(12-40)30(50)51)38-27(47)17(9-13(2)3)34-26(46)18(10-22(42)43)35-28(48)19(11-39)36-24(44)15(5)33-25(45)16(31)7-8-21(32)41/h13-20,23,39-40H,6-12,31H2,1-5H3,(H2,32,41)(H,33,45)(H,34,46)(H,35,48)(H,36,44)(H,37,49)(H,38,47)(H,42,43)(H,50,51)/t14-,15-,16-,17-,18-,19-,20-,23-/m0/s1. The van der Waals surface area contributed by atoms with E-state index in [9.17, 15) is 63.6 Å². The number of carbonyl (C=O) groups excluding carboxylic acids is 7. The number of aliphatic hydroxyl groups is 2. The van der Waals surface area contributed by atoms with E-state index in [1.165, 1.54) is 6.92 Å². The average Bonchev–Trinajstić information content (AvgIpc) is 3.04. The Bertz CT molecular complexity index is 1260. The average molecular weight is 733 g/mol. The Morgan fingerprint density at radius 2 is 1.12 bits per heavy atom. The van der Waals surface area contributed by atoms with Crippen molar-refractivity contribution in [2.24, 2.45) is 23.3 Å². The summed E-state index contributed by atoms with van der Waals surface area (Å²) in [6.07, 6.45) is -0.965. The zero-order valence-electron chi connectivity index (χ0n) is 29.3. The number of amides is 7. The predicted molar refractivity (Wildman–Crippen MR) is 177 cm³/mol. The highest BCUT2D eigenvalue weighted by molar-refractivity contribution is 5.98. The maximum absolute atomic E-state index is 13.4. The normalized spacial score (nSPS) is 15.7. The largest absolute Gasteiger partial charge is 0.481 e. The molecular weight excluding hydrogens is 680 g/mol. The first-order valence-electron chi connectivity index (χ1n) is 16.2. The smallest absolute Gasteiger partial charge is 0.328 e. The quantitative estimate of drug-likeness (QED) is 0.0443. The molecule has 290 valence electrons. The van der Waals surface area contributed by atoms with Crippen LogP contribution in [0.25, 0.3) is 0 Å². The summed E-state index contributed by atoms with van der Waals surface area (Å²) in [6, 6.07) is -10.4. The van der Waals surface area contributed by atoms with Gasteiger partial charge in [-0.1, -0.05) is 34.1 Å². The molecule has 0 radical (unpaired) electrons. The number of carbonyl (C=O) groups is 9. The molecule has 21 heteroatoms. The molecule has 21 nitrogen and oxygen atoms in total. The van der Waals surface area contributed by atoms with Crippen molar-refractivity contribution >= 4 is 53.3 Å². The van der Waals surface area contributed by atoms with Crippen LogP contribution < -0.4 is 43.4 Å². The summed E-state index contributed by atoms with van der Waals surface area (Å²) < 4.78 is 0. The van der Waals surface area contributed by atoms with Gasteiger partial charge in [0, 0.05) is 6.42 Å². The maximum Gasteiger partial charge on any atom is 0.328 e. The Morgan fingerprint density at radius 3 is 1.59 bits per heavy atom. The molecule has 0 heterocycles. The lowest BCUT2D eigenvalue weighted by molar-refractivity contribution is -0.143. The zero-order chi connectivity index (χ0) is 39.6. The number of hydrogen-bond acceptors (Lipinski definition) is 12. The molecule has 0 saturated carbocycles. The molecule has 0 bridgehead atoms. The summed E-state index contributed by atoms with van der Waals surface area (Å²) in [4.78, 5) is 111. The summed E-state index contributed by atoms with van der Waals surface area (Å²) >= 11 is 0. The Hall–Kier alpha value is -4.89.